The molecule has 4 rings (SSSR count). The van der Waals surface area contributed by atoms with Crippen LogP contribution in [0.1, 0.15) is 72.1 Å². The average molecular weight is 460 g/mol. The van der Waals surface area contributed by atoms with Gasteiger partial charge in [-0.05, 0) is 104 Å². The highest BCUT2D eigenvalue weighted by Crippen LogP contribution is 2.67. The van der Waals surface area contributed by atoms with E-state index in [-0.39, 0.29) is 23.6 Å². The summed E-state index contributed by atoms with van der Waals surface area (Å²) in [6.07, 6.45) is 13.4. The molecule has 0 heterocycles. The lowest BCUT2D eigenvalue weighted by Gasteiger charge is -2.62. The van der Waals surface area contributed by atoms with Crippen molar-refractivity contribution in [1.29, 1.82) is 5.41 Å². The number of hydrogen-bond donors (Lipinski definition) is 5. The second-order valence-corrected chi connectivity index (χ2v) is 11.7. The van der Waals surface area contributed by atoms with Crippen LogP contribution in [0.3, 0.4) is 0 Å². The fourth-order valence-electron chi connectivity index (χ4n) is 8.58. The monoisotopic (exact) mass is 459 g/mol. The van der Waals surface area contributed by atoms with Crippen LogP contribution in [-0.4, -0.2) is 42.6 Å². The van der Waals surface area contributed by atoms with E-state index in [1.165, 1.54) is 32.1 Å². The van der Waals surface area contributed by atoms with Gasteiger partial charge in [-0.25, -0.2) is 5.43 Å². The zero-order valence-electron chi connectivity index (χ0n) is 20.7. The van der Waals surface area contributed by atoms with Crippen molar-refractivity contribution in [2.24, 2.45) is 57.0 Å². The zero-order valence-corrected chi connectivity index (χ0v) is 20.7. The van der Waals surface area contributed by atoms with Crippen molar-refractivity contribution in [3.05, 3.63) is 11.6 Å². The van der Waals surface area contributed by atoms with Crippen LogP contribution in [0.25, 0.3) is 0 Å². The molecule has 4 aliphatic rings. The number of fused-ring (bicyclic) bond motifs is 5. The van der Waals surface area contributed by atoms with Gasteiger partial charge in [-0.3, -0.25) is 5.41 Å². The molecule has 4 fully saturated rings. The minimum absolute atomic E-state index is 0.0415. The Morgan fingerprint density at radius 1 is 1.09 bits per heavy atom. The van der Waals surface area contributed by atoms with Crippen LogP contribution in [-0.2, 0) is 4.74 Å². The summed E-state index contributed by atoms with van der Waals surface area (Å²) in [7, 11) is 0. The molecule has 0 aliphatic heterocycles. The summed E-state index contributed by atoms with van der Waals surface area (Å²) in [5, 5.41) is 22.5. The lowest BCUT2D eigenvalue weighted by atomic mass is 9.44. The third-order valence-corrected chi connectivity index (χ3v) is 10.1. The predicted molar refractivity (Wildman–Crippen MR) is 133 cm³/mol. The van der Waals surface area contributed by atoms with E-state index in [1.807, 2.05) is 0 Å². The molecule has 0 bridgehead atoms. The number of nitrogens with two attached hydrogens (primary N) is 2. The summed E-state index contributed by atoms with van der Waals surface area (Å²) in [4.78, 5) is 0. The molecular formula is C26H45N5O2. The molecule has 4 saturated carbocycles. The summed E-state index contributed by atoms with van der Waals surface area (Å²) < 4.78 is 5.94. The van der Waals surface area contributed by atoms with Crippen LogP contribution in [0, 0.1) is 45.8 Å². The first kappa shape index (κ1) is 24.7. The molecule has 0 amide bonds. The Kier molecular flexibility index (Phi) is 7.23. The maximum Gasteiger partial charge on any atom is 0.206 e. The van der Waals surface area contributed by atoms with Crippen molar-refractivity contribution in [2.75, 3.05) is 13.2 Å². The Morgan fingerprint density at radius 3 is 2.52 bits per heavy atom. The van der Waals surface area contributed by atoms with Gasteiger partial charge in [0.25, 0.3) is 0 Å². The molecule has 0 unspecified atom stereocenters. The van der Waals surface area contributed by atoms with Crippen LogP contribution < -0.4 is 16.9 Å². The lowest BCUT2D eigenvalue weighted by molar-refractivity contribution is -0.183. The van der Waals surface area contributed by atoms with Gasteiger partial charge in [0, 0.05) is 12.8 Å². The number of hydrogen-bond acceptors (Lipinski definition) is 5. The molecule has 4 aliphatic carbocycles. The number of nitrogens with zero attached hydrogens (tertiary/aromatic N) is 1. The minimum Gasteiger partial charge on any atom is -0.390 e. The van der Waals surface area contributed by atoms with Crippen molar-refractivity contribution < 1.29 is 9.84 Å². The largest absolute Gasteiger partial charge is 0.390 e. The number of ether oxygens (including phenoxy) is 1. The van der Waals surface area contributed by atoms with E-state index >= 15 is 0 Å². The smallest absolute Gasteiger partial charge is 0.206 e. The minimum atomic E-state index is -0.352. The Morgan fingerprint density at radius 2 is 1.79 bits per heavy atom. The number of aliphatic hydroxyl groups is 1. The van der Waals surface area contributed by atoms with Crippen molar-refractivity contribution in [3.63, 3.8) is 0 Å². The van der Waals surface area contributed by atoms with Gasteiger partial charge >= 0.3 is 0 Å². The van der Waals surface area contributed by atoms with Crippen LogP contribution >= 0.6 is 0 Å². The Balaban J connectivity index is 1.47. The van der Waals surface area contributed by atoms with E-state index in [9.17, 15) is 5.11 Å². The fraction of sp³-hybridized carbons (Fsp3) is 0.846. The van der Waals surface area contributed by atoms with E-state index in [1.54, 1.807) is 6.21 Å². The van der Waals surface area contributed by atoms with Gasteiger partial charge in [-0.2, -0.15) is 5.10 Å². The first-order valence-corrected chi connectivity index (χ1v) is 13.0. The standard InChI is InChI=1S/C26H45N5O2/c1-16(15-30-31-24(28)29)14-17-4-6-19-18-5-7-21-23(32)22(33-13-12-27)9-11-26(21,3)20(18)8-10-25(17,19)2/h14-15,17-23,32H,4-13,27H2,1-3H3,(H4,28,29,31)/t17-,18+,19+,20+,21-,22+,23-,25-,26-/m1/s1. The molecule has 0 spiro atoms. The fourth-order valence-corrected chi connectivity index (χ4v) is 8.58. The number of nitrogens with one attached hydrogen (secondary N) is 2. The van der Waals surface area contributed by atoms with Crippen LogP contribution in [0.5, 0.6) is 0 Å². The molecule has 186 valence electrons. The predicted octanol–water partition coefficient (Wildman–Crippen LogP) is 3.38. The number of rotatable bonds is 6. The van der Waals surface area contributed by atoms with E-state index in [4.69, 9.17) is 21.6 Å². The van der Waals surface area contributed by atoms with Gasteiger partial charge in [-0.1, -0.05) is 19.9 Å². The van der Waals surface area contributed by atoms with Crippen molar-refractivity contribution in [3.8, 4) is 0 Å². The lowest BCUT2D eigenvalue weighted by Crippen LogP contribution is -2.58. The molecule has 7 nitrogen and oxygen atoms in total. The number of aliphatic hydroxyl groups excluding tert-OH is 1. The summed E-state index contributed by atoms with van der Waals surface area (Å²) >= 11 is 0. The van der Waals surface area contributed by atoms with Gasteiger partial charge in [-0.15, -0.1) is 0 Å². The zero-order chi connectivity index (χ0) is 23.8. The summed E-state index contributed by atoms with van der Waals surface area (Å²) in [5.41, 5.74) is 15.2. The molecular weight excluding hydrogens is 414 g/mol. The summed E-state index contributed by atoms with van der Waals surface area (Å²) in [5.74, 6) is 3.03. The highest BCUT2D eigenvalue weighted by molar-refractivity contribution is 5.80. The molecule has 0 aromatic heterocycles. The maximum absolute atomic E-state index is 11.2. The third-order valence-electron chi connectivity index (χ3n) is 10.1. The second kappa shape index (κ2) is 9.67. The van der Waals surface area contributed by atoms with Crippen LogP contribution in [0.4, 0.5) is 0 Å². The average Bonchev–Trinajstić information content (AvgIpc) is 3.09. The Hall–Kier alpha value is -1.44. The quantitative estimate of drug-likeness (QED) is 0.236. The molecule has 33 heavy (non-hydrogen) atoms. The highest BCUT2D eigenvalue weighted by Gasteiger charge is 2.61. The molecule has 0 aromatic rings. The summed E-state index contributed by atoms with van der Waals surface area (Å²) in [6.45, 7) is 8.16. The first-order chi connectivity index (χ1) is 15.7. The van der Waals surface area contributed by atoms with E-state index in [0.717, 1.165) is 36.7 Å². The molecule has 0 aromatic carbocycles. The van der Waals surface area contributed by atoms with Crippen molar-refractivity contribution in [1.82, 2.24) is 5.43 Å². The normalized spacial score (nSPS) is 45.4. The van der Waals surface area contributed by atoms with Gasteiger partial charge in [0.1, 0.15) is 0 Å². The van der Waals surface area contributed by atoms with E-state index in [0.29, 0.717) is 36.3 Å². The van der Waals surface area contributed by atoms with Crippen molar-refractivity contribution >= 4 is 12.2 Å². The number of hydrazone groups is 1. The van der Waals surface area contributed by atoms with E-state index < -0.39 is 0 Å². The Labute approximate surface area is 199 Å². The SMILES string of the molecule is CC(C=NNC(=N)N)=C[C@H]1CC[C@H]2[C@@H]3CC[C@@H]4[C@@H](O)[C@@H](OCCN)CC[C@]4(C)[C@H]3CC[C@]12C. The van der Waals surface area contributed by atoms with Crippen molar-refractivity contribution in [2.45, 2.75) is 84.3 Å². The Bertz CT molecular complexity index is 785. The molecule has 0 saturated heterocycles. The maximum atomic E-state index is 11.2. The van der Waals surface area contributed by atoms with E-state index in [2.05, 4.69) is 37.4 Å². The molecule has 7 N–H and O–H groups in total. The second-order valence-electron chi connectivity index (χ2n) is 11.7. The van der Waals surface area contributed by atoms with Gasteiger partial charge in [0.15, 0.2) is 0 Å². The van der Waals surface area contributed by atoms with Gasteiger partial charge in [0.2, 0.25) is 5.96 Å². The summed E-state index contributed by atoms with van der Waals surface area (Å²) in [6, 6.07) is 0. The third kappa shape index (κ3) is 4.48. The van der Waals surface area contributed by atoms with Gasteiger partial charge < -0.3 is 21.3 Å². The molecule has 7 heteroatoms. The number of allylic oxidation sites excluding steroid dienone is 2. The topological polar surface area (TPSA) is 130 Å². The van der Waals surface area contributed by atoms with Gasteiger partial charge in [0.05, 0.1) is 18.8 Å². The number of guanidine groups is 1. The highest BCUT2D eigenvalue weighted by atomic mass is 16.5. The molecule has 0 radical (unpaired) electrons. The molecule has 9 atom stereocenters. The first-order valence-electron chi connectivity index (χ1n) is 13.0. The van der Waals surface area contributed by atoms with Crippen LogP contribution in [0.15, 0.2) is 16.8 Å². The van der Waals surface area contributed by atoms with Crippen LogP contribution in [0.2, 0.25) is 0 Å².